The van der Waals surface area contributed by atoms with Crippen LogP contribution in [-0.4, -0.2) is 38.4 Å². The van der Waals surface area contributed by atoms with Gasteiger partial charge in [0, 0.05) is 22.9 Å². The zero-order valence-electron chi connectivity index (χ0n) is 16.4. The monoisotopic (exact) mass is 367 g/mol. The van der Waals surface area contributed by atoms with Crippen LogP contribution in [0.25, 0.3) is 22.2 Å². The third-order valence-electron chi connectivity index (χ3n) is 4.27. The molecule has 0 unspecified atom stereocenters. The molecule has 0 saturated heterocycles. The molecule has 0 aliphatic heterocycles. The number of Topliss-reactive ketones (excluding diaryl/α,β-unsaturated/α-hetero) is 1. The first-order chi connectivity index (χ1) is 12.7. The first-order valence-electron chi connectivity index (χ1n) is 8.98. The number of hydrogen-bond acceptors (Lipinski definition) is 5. The van der Waals surface area contributed by atoms with Gasteiger partial charge in [0.05, 0.1) is 30.5 Å². The number of ether oxygens (including phenoxy) is 1. The highest BCUT2D eigenvalue weighted by atomic mass is 16.5. The van der Waals surface area contributed by atoms with Gasteiger partial charge in [-0.3, -0.25) is 9.48 Å². The van der Waals surface area contributed by atoms with Gasteiger partial charge in [-0.05, 0) is 32.0 Å². The van der Waals surface area contributed by atoms with Crippen LogP contribution in [0.15, 0.2) is 36.4 Å². The fraction of sp³-hybridized carbons (Fsp3) is 0.381. The fourth-order valence-corrected chi connectivity index (χ4v) is 2.96. The zero-order valence-corrected chi connectivity index (χ0v) is 16.4. The molecule has 0 saturated carbocycles. The van der Waals surface area contributed by atoms with Crippen molar-refractivity contribution in [2.45, 2.75) is 39.8 Å². The summed E-state index contributed by atoms with van der Waals surface area (Å²) < 4.78 is 6.91. The van der Waals surface area contributed by atoms with Crippen LogP contribution in [0.3, 0.4) is 0 Å². The van der Waals surface area contributed by atoms with Gasteiger partial charge >= 0.3 is 0 Å². The van der Waals surface area contributed by atoms with E-state index in [0.29, 0.717) is 11.6 Å². The molecular formula is C21H25N3O3. The molecule has 0 aliphatic rings. The van der Waals surface area contributed by atoms with Crippen LogP contribution in [0.1, 0.15) is 38.2 Å². The van der Waals surface area contributed by atoms with Crippen LogP contribution < -0.4 is 4.74 Å². The Hall–Kier alpha value is -2.73. The third-order valence-corrected chi connectivity index (χ3v) is 4.27. The summed E-state index contributed by atoms with van der Waals surface area (Å²) in [6.45, 7) is 7.44. The Morgan fingerprint density at radius 3 is 2.63 bits per heavy atom. The molecular weight excluding hydrogens is 342 g/mol. The molecule has 1 aromatic carbocycles. The molecule has 0 spiro atoms. The molecule has 3 aromatic rings. The molecule has 142 valence electrons. The SMILES string of the molecule is COc1cccc(-c2ccc3c(C(=O)C(C)C)nn(CC(C)(C)O)c3c2)n1. The number of fused-ring (bicyclic) bond motifs is 1. The van der Waals surface area contributed by atoms with Crippen LogP contribution in [-0.2, 0) is 6.54 Å². The first-order valence-corrected chi connectivity index (χ1v) is 8.98. The minimum atomic E-state index is -0.957. The number of benzene rings is 1. The molecule has 27 heavy (non-hydrogen) atoms. The van der Waals surface area contributed by atoms with Gasteiger partial charge in [0.2, 0.25) is 5.88 Å². The summed E-state index contributed by atoms with van der Waals surface area (Å²) in [6.07, 6.45) is 0. The lowest BCUT2D eigenvalue weighted by Crippen LogP contribution is -2.27. The number of methoxy groups -OCH3 is 1. The number of rotatable bonds is 6. The predicted molar refractivity (Wildman–Crippen MR) is 105 cm³/mol. The predicted octanol–water partition coefficient (Wildman–Crippen LogP) is 3.72. The molecule has 0 radical (unpaired) electrons. The molecule has 0 fully saturated rings. The molecule has 3 rings (SSSR count). The van der Waals surface area contributed by atoms with Gasteiger partial charge in [-0.25, -0.2) is 4.98 Å². The standard InChI is InChI=1S/C21H25N3O3/c1-13(2)20(25)19-15-10-9-14(16-7-6-8-18(22-16)27-5)11-17(15)24(23-19)12-21(3,4)26/h6-11,13,26H,12H2,1-5H3. The van der Waals surface area contributed by atoms with Crippen LogP contribution in [0, 0.1) is 5.92 Å². The summed E-state index contributed by atoms with van der Waals surface area (Å²) in [5, 5.41) is 15.6. The number of ketones is 1. The number of nitrogens with zero attached hydrogens (tertiary/aromatic N) is 3. The number of carbonyl (C=O) groups excluding carboxylic acids is 1. The first kappa shape index (κ1) is 19.0. The smallest absolute Gasteiger partial charge is 0.213 e. The topological polar surface area (TPSA) is 77.2 Å². The summed E-state index contributed by atoms with van der Waals surface area (Å²) in [4.78, 5) is 17.1. The number of pyridine rings is 1. The number of carbonyl (C=O) groups is 1. The van der Waals surface area contributed by atoms with Crippen molar-refractivity contribution in [2.24, 2.45) is 5.92 Å². The van der Waals surface area contributed by atoms with E-state index in [-0.39, 0.29) is 18.2 Å². The summed E-state index contributed by atoms with van der Waals surface area (Å²) in [7, 11) is 1.58. The van der Waals surface area contributed by atoms with Gasteiger partial charge in [-0.2, -0.15) is 5.10 Å². The van der Waals surface area contributed by atoms with Crippen LogP contribution >= 0.6 is 0 Å². The van der Waals surface area contributed by atoms with Gasteiger partial charge in [-0.15, -0.1) is 0 Å². The fourth-order valence-electron chi connectivity index (χ4n) is 2.96. The maximum absolute atomic E-state index is 12.6. The molecule has 0 amide bonds. The summed E-state index contributed by atoms with van der Waals surface area (Å²) >= 11 is 0. The van der Waals surface area contributed by atoms with Crippen LogP contribution in [0.4, 0.5) is 0 Å². The van der Waals surface area contributed by atoms with Crippen molar-refractivity contribution < 1.29 is 14.6 Å². The largest absolute Gasteiger partial charge is 0.481 e. The van der Waals surface area contributed by atoms with E-state index in [1.807, 2.05) is 44.2 Å². The molecule has 0 bridgehead atoms. The Bertz CT molecular complexity index is 984. The minimum absolute atomic E-state index is 0.0123. The van der Waals surface area contributed by atoms with E-state index in [9.17, 15) is 9.90 Å². The maximum Gasteiger partial charge on any atom is 0.213 e. The van der Waals surface area contributed by atoms with Gasteiger partial charge < -0.3 is 9.84 Å². The lowest BCUT2D eigenvalue weighted by Gasteiger charge is -2.17. The Balaban J connectivity index is 2.18. The van der Waals surface area contributed by atoms with Crippen LogP contribution in [0.5, 0.6) is 5.88 Å². The van der Waals surface area contributed by atoms with Gasteiger partial charge in [-0.1, -0.05) is 26.0 Å². The number of aliphatic hydroxyl groups is 1. The Morgan fingerprint density at radius 2 is 2.00 bits per heavy atom. The number of aromatic nitrogens is 3. The average Bonchev–Trinajstić information content (AvgIpc) is 2.97. The highest BCUT2D eigenvalue weighted by Gasteiger charge is 2.23. The molecule has 6 heteroatoms. The second-order valence-corrected chi connectivity index (χ2v) is 7.63. The number of hydrogen-bond donors (Lipinski definition) is 1. The van der Waals surface area contributed by atoms with Gasteiger partial charge in [0.15, 0.2) is 5.78 Å². The van der Waals surface area contributed by atoms with E-state index in [1.54, 1.807) is 31.7 Å². The van der Waals surface area contributed by atoms with Crippen molar-refractivity contribution >= 4 is 16.7 Å². The average molecular weight is 367 g/mol. The van der Waals surface area contributed by atoms with Crippen molar-refractivity contribution in [1.82, 2.24) is 14.8 Å². The van der Waals surface area contributed by atoms with Crippen LogP contribution in [0.2, 0.25) is 0 Å². The van der Waals surface area contributed by atoms with E-state index in [2.05, 4.69) is 10.1 Å². The molecule has 2 heterocycles. The second-order valence-electron chi connectivity index (χ2n) is 7.63. The maximum atomic E-state index is 12.6. The van der Waals surface area contributed by atoms with E-state index < -0.39 is 5.60 Å². The van der Waals surface area contributed by atoms with E-state index in [1.165, 1.54) is 0 Å². The van der Waals surface area contributed by atoms with Crippen molar-refractivity contribution in [1.29, 1.82) is 0 Å². The Kier molecular flexibility index (Phi) is 5.02. The Morgan fingerprint density at radius 1 is 1.26 bits per heavy atom. The highest BCUT2D eigenvalue weighted by Crippen LogP contribution is 2.28. The van der Waals surface area contributed by atoms with Gasteiger partial charge in [0.1, 0.15) is 5.69 Å². The van der Waals surface area contributed by atoms with Crippen molar-refractivity contribution in [2.75, 3.05) is 7.11 Å². The lowest BCUT2D eigenvalue weighted by molar-refractivity contribution is 0.0587. The molecule has 1 N–H and O–H groups in total. The van der Waals surface area contributed by atoms with Gasteiger partial charge in [0.25, 0.3) is 0 Å². The quantitative estimate of drug-likeness (QED) is 0.672. The molecule has 6 nitrogen and oxygen atoms in total. The molecule has 0 atom stereocenters. The minimum Gasteiger partial charge on any atom is -0.481 e. The van der Waals surface area contributed by atoms with E-state index in [0.717, 1.165) is 22.2 Å². The summed E-state index contributed by atoms with van der Waals surface area (Å²) in [5.41, 5.74) is 1.94. The van der Waals surface area contributed by atoms with Crippen molar-refractivity contribution in [3.05, 3.63) is 42.1 Å². The van der Waals surface area contributed by atoms with Crippen molar-refractivity contribution in [3.8, 4) is 17.1 Å². The second kappa shape index (κ2) is 7.12. The Labute approximate surface area is 158 Å². The normalized spacial score (nSPS) is 12.0. The molecule has 0 aliphatic carbocycles. The highest BCUT2D eigenvalue weighted by molar-refractivity contribution is 6.07. The molecule has 2 aromatic heterocycles. The summed E-state index contributed by atoms with van der Waals surface area (Å²) in [6, 6.07) is 11.4. The zero-order chi connectivity index (χ0) is 19.8. The summed E-state index contributed by atoms with van der Waals surface area (Å²) in [5.74, 6) is 0.369. The van der Waals surface area contributed by atoms with E-state index in [4.69, 9.17) is 4.74 Å². The van der Waals surface area contributed by atoms with E-state index >= 15 is 0 Å². The van der Waals surface area contributed by atoms with Crippen molar-refractivity contribution in [3.63, 3.8) is 0 Å². The lowest BCUT2D eigenvalue weighted by atomic mass is 10.0. The third kappa shape index (κ3) is 4.01.